The van der Waals surface area contributed by atoms with E-state index < -0.39 is 0 Å². The Bertz CT molecular complexity index is 287. The van der Waals surface area contributed by atoms with Crippen molar-refractivity contribution in [2.75, 3.05) is 23.9 Å². The summed E-state index contributed by atoms with van der Waals surface area (Å²) in [5.74, 6) is 1.78. The zero-order valence-electron chi connectivity index (χ0n) is 9.40. The SMILES string of the molecule is COc1ccc(N(CCBr)C(C)C)nc1. The molecule has 3 nitrogen and oxygen atoms in total. The van der Waals surface area contributed by atoms with E-state index >= 15 is 0 Å². The third-order valence-electron chi connectivity index (χ3n) is 2.20. The molecule has 0 bridgehead atoms. The van der Waals surface area contributed by atoms with Gasteiger partial charge in [-0.15, -0.1) is 0 Å². The summed E-state index contributed by atoms with van der Waals surface area (Å²) in [6.07, 6.45) is 1.75. The molecule has 0 fully saturated rings. The zero-order valence-corrected chi connectivity index (χ0v) is 11.0. The molecule has 0 N–H and O–H groups in total. The summed E-state index contributed by atoms with van der Waals surface area (Å²) in [7, 11) is 1.65. The minimum Gasteiger partial charge on any atom is -0.495 e. The van der Waals surface area contributed by atoms with Crippen molar-refractivity contribution in [2.24, 2.45) is 0 Å². The van der Waals surface area contributed by atoms with E-state index in [0.717, 1.165) is 23.4 Å². The third-order valence-corrected chi connectivity index (χ3v) is 2.55. The van der Waals surface area contributed by atoms with E-state index in [4.69, 9.17) is 4.74 Å². The maximum absolute atomic E-state index is 5.08. The van der Waals surface area contributed by atoms with Gasteiger partial charge in [0.1, 0.15) is 11.6 Å². The fourth-order valence-electron chi connectivity index (χ4n) is 1.39. The second-order valence-electron chi connectivity index (χ2n) is 3.53. The molecule has 0 saturated heterocycles. The lowest BCUT2D eigenvalue weighted by molar-refractivity contribution is 0.413. The Morgan fingerprint density at radius 3 is 2.60 bits per heavy atom. The molecule has 0 unspecified atom stereocenters. The van der Waals surface area contributed by atoms with Crippen LogP contribution in [0.2, 0.25) is 0 Å². The lowest BCUT2D eigenvalue weighted by atomic mass is 10.3. The number of rotatable bonds is 5. The number of aromatic nitrogens is 1. The van der Waals surface area contributed by atoms with Gasteiger partial charge >= 0.3 is 0 Å². The Morgan fingerprint density at radius 2 is 2.20 bits per heavy atom. The van der Waals surface area contributed by atoms with Crippen molar-refractivity contribution in [1.29, 1.82) is 0 Å². The van der Waals surface area contributed by atoms with Crippen LogP contribution in [0.3, 0.4) is 0 Å². The van der Waals surface area contributed by atoms with Gasteiger partial charge in [-0.25, -0.2) is 4.98 Å². The fourth-order valence-corrected chi connectivity index (χ4v) is 1.77. The normalized spacial score (nSPS) is 10.5. The van der Waals surface area contributed by atoms with Gasteiger partial charge < -0.3 is 9.64 Å². The van der Waals surface area contributed by atoms with E-state index in [-0.39, 0.29) is 0 Å². The van der Waals surface area contributed by atoms with Crippen LogP contribution in [0.15, 0.2) is 18.3 Å². The van der Waals surface area contributed by atoms with Gasteiger partial charge in [-0.05, 0) is 26.0 Å². The first kappa shape index (κ1) is 12.3. The Hall–Kier alpha value is -0.770. The molecule has 0 aliphatic rings. The number of pyridine rings is 1. The molecule has 0 radical (unpaired) electrons. The highest BCUT2D eigenvalue weighted by Crippen LogP contribution is 2.17. The number of methoxy groups -OCH3 is 1. The largest absolute Gasteiger partial charge is 0.495 e. The highest BCUT2D eigenvalue weighted by molar-refractivity contribution is 9.09. The average Bonchev–Trinajstić information content (AvgIpc) is 2.26. The minimum atomic E-state index is 0.448. The molecule has 1 heterocycles. The van der Waals surface area contributed by atoms with E-state index in [9.17, 15) is 0 Å². The minimum absolute atomic E-state index is 0.448. The highest BCUT2D eigenvalue weighted by Gasteiger charge is 2.10. The first-order chi connectivity index (χ1) is 7.19. The maximum Gasteiger partial charge on any atom is 0.137 e. The van der Waals surface area contributed by atoms with Gasteiger partial charge in [0.25, 0.3) is 0 Å². The van der Waals surface area contributed by atoms with Gasteiger partial charge in [0.2, 0.25) is 0 Å². The molecule has 0 atom stereocenters. The second-order valence-corrected chi connectivity index (χ2v) is 4.33. The summed E-state index contributed by atoms with van der Waals surface area (Å²) >= 11 is 3.45. The van der Waals surface area contributed by atoms with E-state index in [0.29, 0.717) is 6.04 Å². The van der Waals surface area contributed by atoms with Crippen molar-refractivity contribution in [1.82, 2.24) is 4.98 Å². The van der Waals surface area contributed by atoms with Crippen LogP contribution >= 0.6 is 15.9 Å². The summed E-state index contributed by atoms with van der Waals surface area (Å²) in [5, 5.41) is 0.943. The van der Waals surface area contributed by atoms with Crippen LogP contribution in [0.4, 0.5) is 5.82 Å². The Morgan fingerprint density at radius 1 is 1.47 bits per heavy atom. The van der Waals surface area contributed by atoms with Crippen LogP contribution in [0.25, 0.3) is 0 Å². The number of anilines is 1. The molecule has 1 rings (SSSR count). The van der Waals surface area contributed by atoms with Crippen LogP contribution in [0.5, 0.6) is 5.75 Å². The summed E-state index contributed by atoms with van der Waals surface area (Å²) in [6, 6.07) is 4.37. The van der Waals surface area contributed by atoms with Crippen LogP contribution in [-0.4, -0.2) is 30.0 Å². The summed E-state index contributed by atoms with van der Waals surface area (Å²) in [5.41, 5.74) is 0. The number of halogens is 1. The van der Waals surface area contributed by atoms with Gasteiger partial charge in [-0.3, -0.25) is 0 Å². The lowest BCUT2D eigenvalue weighted by Crippen LogP contribution is -2.33. The van der Waals surface area contributed by atoms with Gasteiger partial charge in [-0.2, -0.15) is 0 Å². The Kier molecular flexibility index (Phi) is 4.88. The standard InChI is InChI=1S/C11H17BrN2O/c1-9(2)14(7-6-12)11-5-4-10(15-3)8-13-11/h4-5,8-9H,6-7H2,1-3H3. The van der Waals surface area contributed by atoms with Gasteiger partial charge in [0, 0.05) is 17.9 Å². The van der Waals surface area contributed by atoms with Gasteiger partial charge in [0.05, 0.1) is 13.3 Å². The second kappa shape index (κ2) is 5.95. The molecular weight excluding hydrogens is 256 g/mol. The molecule has 84 valence electrons. The van der Waals surface area contributed by atoms with E-state index in [1.54, 1.807) is 13.3 Å². The number of hydrogen-bond donors (Lipinski definition) is 0. The monoisotopic (exact) mass is 272 g/mol. The maximum atomic E-state index is 5.08. The predicted octanol–water partition coefficient (Wildman–Crippen LogP) is 2.70. The summed E-state index contributed by atoms with van der Waals surface area (Å²) in [6.45, 7) is 5.28. The molecule has 0 aliphatic carbocycles. The van der Waals surface area contributed by atoms with Crippen LogP contribution in [-0.2, 0) is 0 Å². The molecule has 0 aliphatic heterocycles. The molecule has 0 amide bonds. The first-order valence-electron chi connectivity index (χ1n) is 5.01. The van der Waals surface area contributed by atoms with Crippen molar-refractivity contribution in [3.63, 3.8) is 0 Å². The molecule has 0 saturated carbocycles. The summed E-state index contributed by atoms with van der Waals surface area (Å²) < 4.78 is 5.08. The van der Waals surface area contributed by atoms with Crippen molar-refractivity contribution < 1.29 is 4.74 Å². The van der Waals surface area contributed by atoms with Gasteiger partial charge in [-0.1, -0.05) is 15.9 Å². The van der Waals surface area contributed by atoms with Gasteiger partial charge in [0.15, 0.2) is 0 Å². The molecular formula is C11H17BrN2O. The van der Waals surface area contributed by atoms with Crippen molar-refractivity contribution >= 4 is 21.7 Å². The van der Waals surface area contributed by atoms with Crippen molar-refractivity contribution in [3.05, 3.63) is 18.3 Å². The highest BCUT2D eigenvalue weighted by atomic mass is 79.9. The molecule has 4 heteroatoms. The van der Waals surface area contributed by atoms with Crippen molar-refractivity contribution in [2.45, 2.75) is 19.9 Å². The van der Waals surface area contributed by atoms with Crippen LogP contribution in [0, 0.1) is 0 Å². The van der Waals surface area contributed by atoms with Crippen LogP contribution < -0.4 is 9.64 Å². The molecule has 1 aromatic heterocycles. The Labute approximate surface area is 99.6 Å². The Balaban J connectivity index is 2.81. The number of alkyl halides is 1. The molecule has 0 aromatic carbocycles. The fraction of sp³-hybridized carbons (Fsp3) is 0.545. The number of hydrogen-bond acceptors (Lipinski definition) is 3. The smallest absolute Gasteiger partial charge is 0.137 e. The third kappa shape index (κ3) is 3.38. The lowest BCUT2D eigenvalue weighted by Gasteiger charge is -2.27. The van der Waals surface area contributed by atoms with E-state index in [1.807, 2.05) is 12.1 Å². The zero-order chi connectivity index (χ0) is 11.3. The molecule has 0 spiro atoms. The van der Waals surface area contributed by atoms with E-state index in [2.05, 4.69) is 39.7 Å². The molecule has 1 aromatic rings. The number of nitrogens with zero attached hydrogens (tertiary/aromatic N) is 2. The molecule has 15 heavy (non-hydrogen) atoms. The average molecular weight is 273 g/mol. The quantitative estimate of drug-likeness (QED) is 0.771. The van der Waals surface area contributed by atoms with Crippen molar-refractivity contribution in [3.8, 4) is 5.75 Å². The number of ether oxygens (including phenoxy) is 1. The van der Waals surface area contributed by atoms with E-state index in [1.165, 1.54) is 0 Å². The van der Waals surface area contributed by atoms with Crippen LogP contribution in [0.1, 0.15) is 13.8 Å². The summed E-state index contributed by atoms with van der Waals surface area (Å²) in [4.78, 5) is 6.61. The first-order valence-corrected chi connectivity index (χ1v) is 6.14. The topological polar surface area (TPSA) is 25.4 Å². The predicted molar refractivity (Wildman–Crippen MR) is 67.1 cm³/mol.